The van der Waals surface area contributed by atoms with Crippen LogP contribution in [0.15, 0.2) is 24.3 Å². The van der Waals surface area contributed by atoms with Gasteiger partial charge in [0.25, 0.3) is 5.91 Å². The van der Waals surface area contributed by atoms with E-state index in [1.807, 2.05) is 0 Å². The average molecular weight is 462 g/mol. The van der Waals surface area contributed by atoms with Gasteiger partial charge in [-0.2, -0.15) is 13.2 Å². The van der Waals surface area contributed by atoms with Crippen molar-refractivity contribution in [2.45, 2.75) is 63.2 Å². The van der Waals surface area contributed by atoms with Gasteiger partial charge in [-0.15, -0.1) is 0 Å². The van der Waals surface area contributed by atoms with Gasteiger partial charge in [-0.1, -0.05) is 37.5 Å². The first-order valence-corrected chi connectivity index (χ1v) is 12.2. The molecule has 0 bridgehead atoms. The number of esters is 1. The van der Waals surface area contributed by atoms with Gasteiger partial charge >= 0.3 is 12.1 Å². The quantitative estimate of drug-likeness (QED) is 0.608. The van der Waals surface area contributed by atoms with E-state index in [2.05, 4.69) is 0 Å². The first-order chi connectivity index (χ1) is 14.5. The van der Waals surface area contributed by atoms with Crippen molar-refractivity contribution in [1.29, 1.82) is 0 Å². The Kier molecular flexibility index (Phi) is 7.28. The molecule has 1 saturated carbocycles. The zero-order valence-electron chi connectivity index (χ0n) is 17.1. The number of halogens is 3. The molecule has 1 aromatic rings. The number of sulfone groups is 1. The van der Waals surface area contributed by atoms with Crippen LogP contribution >= 0.6 is 0 Å². The summed E-state index contributed by atoms with van der Waals surface area (Å²) < 4.78 is 67.3. The maximum Gasteiger partial charge on any atom is 0.416 e. The molecule has 2 aliphatic rings. The molecule has 1 aliphatic heterocycles. The Morgan fingerprint density at radius 1 is 1.06 bits per heavy atom. The maximum absolute atomic E-state index is 12.9. The third-order valence-electron chi connectivity index (χ3n) is 5.82. The van der Waals surface area contributed by atoms with E-state index in [0.29, 0.717) is 6.42 Å². The molecule has 0 N–H and O–H groups in total. The number of carbonyl (C=O) groups excluding carboxylic acids is 2. The fourth-order valence-corrected chi connectivity index (χ4v) is 6.06. The smallest absolute Gasteiger partial charge is 0.416 e. The van der Waals surface area contributed by atoms with Gasteiger partial charge in [0.2, 0.25) is 0 Å². The molecule has 0 radical (unpaired) electrons. The summed E-state index contributed by atoms with van der Waals surface area (Å²) in [4.78, 5) is 26.6. The molecule has 0 aromatic heterocycles. The number of benzene rings is 1. The summed E-state index contributed by atoms with van der Waals surface area (Å²) in [7, 11) is -3.19. The highest BCUT2D eigenvalue weighted by Gasteiger charge is 2.38. The van der Waals surface area contributed by atoms with Crippen molar-refractivity contribution in [1.82, 2.24) is 4.90 Å². The molecule has 1 saturated heterocycles. The first kappa shape index (κ1) is 23.6. The molecule has 6 nitrogen and oxygen atoms in total. The Labute approximate surface area is 179 Å². The zero-order valence-corrected chi connectivity index (χ0v) is 17.9. The first-order valence-electron chi connectivity index (χ1n) is 10.4. The fraction of sp³-hybridized carbons (Fsp3) is 0.619. The van der Waals surface area contributed by atoms with Crippen molar-refractivity contribution < 1.29 is 35.9 Å². The largest absolute Gasteiger partial charge is 0.455 e. The summed E-state index contributed by atoms with van der Waals surface area (Å²) in [5, 5.41) is 0. The lowest BCUT2D eigenvalue weighted by Gasteiger charge is -2.38. The number of alkyl halides is 3. The van der Waals surface area contributed by atoms with Gasteiger partial charge in [-0.3, -0.25) is 9.59 Å². The number of nitrogens with zero attached hydrogens (tertiary/aromatic N) is 1. The van der Waals surface area contributed by atoms with Gasteiger partial charge in [-0.25, -0.2) is 8.42 Å². The van der Waals surface area contributed by atoms with Crippen molar-refractivity contribution in [3.8, 4) is 0 Å². The van der Waals surface area contributed by atoms with Gasteiger partial charge < -0.3 is 9.64 Å². The van der Waals surface area contributed by atoms with Crippen LogP contribution in [0.3, 0.4) is 0 Å². The molecule has 1 atom stereocenters. The second-order valence-electron chi connectivity index (χ2n) is 8.19. The van der Waals surface area contributed by atoms with E-state index in [4.69, 9.17) is 4.74 Å². The van der Waals surface area contributed by atoms with Crippen LogP contribution in [-0.2, 0) is 36.8 Å². The molecule has 10 heteroatoms. The summed E-state index contributed by atoms with van der Waals surface area (Å²) in [6.45, 7) is -0.551. The minimum absolute atomic E-state index is 0.0313. The molecule has 31 heavy (non-hydrogen) atoms. The Balaban J connectivity index is 1.62. The van der Waals surface area contributed by atoms with E-state index in [1.165, 1.54) is 12.1 Å². The van der Waals surface area contributed by atoms with E-state index >= 15 is 0 Å². The predicted octanol–water partition coefficient (Wildman–Crippen LogP) is 3.14. The summed E-state index contributed by atoms with van der Waals surface area (Å²) >= 11 is 0. The Hall–Kier alpha value is -2.10. The van der Waals surface area contributed by atoms with Gasteiger partial charge in [0.05, 0.1) is 23.5 Å². The molecular formula is C21H26F3NO5S. The monoisotopic (exact) mass is 461 g/mol. The van der Waals surface area contributed by atoms with Crippen molar-refractivity contribution >= 4 is 21.7 Å². The van der Waals surface area contributed by atoms with Crippen LogP contribution in [-0.4, -0.2) is 55.4 Å². The number of carbonyl (C=O) groups is 2. The Morgan fingerprint density at radius 3 is 2.39 bits per heavy atom. The molecule has 1 amide bonds. The van der Waals surface area contributed by atoms with Gasteiger partial charge in [-0.05, 0) is 30.9 Å². The summed E-state index contributed by atoms with van der Waals surface area (Å²) in [5.74, 6) is -1.32. The number of rotatable bonds is 6. The van der Waals surface area contributed by atoms with E-state index in [0.717, 1.165) is 44.2 Å². The molecule has 1 aliphatic carbocycles. The standard InChI is InChI=1S/C21H26F3NO5S/c22-21(23,24)16-6-4-5-15(11-16)12-20(27)30-13-19(26)25(17-7-2-1-3-8-17)18-9-10-31(28,29)14-18/h4-6,11,17-18H,1-3,7-10,12-14H2. The lowest BCUT2D eigenvalue weighted by atomic mass is 9.93. The van der Waals surface area contributed by atoms with Crippen LogP contribution in [0.1, 0.15) is 49.7 Å². The van der Waals surface area contributed by atoms with Crippen LogP contribution in [0.4, 0.5) is 13.2 Å². The number of amides is 1. The van der Waals surface area contributed by atoms with Crippen LogP contribution in [0.2, 0.25) is 0 Å². The highest BCUT2D eigenvalue weighted by Crippen LogP contribution is 2.30. The van der Waals surface area contributed by atoms with Gasteiger partial charge in [0.1, 0.15) is 0 Å². The lowest BCUT2D eigenvalue weighted by Crippen LogP contribution is -2.50. The number of hydrogen-bond acceptors (Lipinski definition) is 5. The lowest BCUT2D eigenvalue weighted by molar-refractivity contribution is -0.154. The van der Waals surface area contributed by atoms with Crippen LogP contribution in [0.25, 0.3) is 0 Å². The van der Waals surface area contributed by atoms with E-state index < -0.39 is 52.5 Å². The summed E-state index contributed by atoms with van der Waals surface area (Å²) in [6.07, 6.45) is -0.0277. The van der Waals surface area contributed by atoms with Crippen molar-refractivity contribution in [2.75, 3.05) is 18.1 Å². The molecular weight excluding hydrogens is 435 g/mol. The molecule has 1 unspecified atom stereocenters. The van der Waals surface area contributed by atoms with Crippen LogP contribution < -0.4 is 0 Å². The second kappa shape index (κ2) is 9.58. The minimum Gasteiger partial charge on any atom is -0.455 e. The molecule has 172 valence electrons. The number of hydrogen-bond donors (Lipinski definition) is 0. The fourth-order valence-electron chi connectivity index (χ4n) is 4.35. The summed E-state index contributed by atoms with van der Waals surface area (Å²) in [5.41, 5.74) is -0.724. The minimum atomic E-state index is -4.52. The van der Waals surface area contributed by atoms with E-state index in [-0.39, 0.29) is 23.1 Å². The zero-order chi connectivity index (χ0) is 22.6. The Morgan fingerprint density at radius 2 is 1.77 bits per heavy atom. The second-order valence-corrected chi connectivity index (χ2v) is 10.4. The predicted molar refractivity (Wildman–Crippen MR) is 107 cm³/mol. The molecule has 3 rings (SSSR count). The molecule has 1 aromatic carbocycles. The summed E-state index contributed by atoms with van der Waals surface area (Å²) in [6, 6.07) is 3.87. The van der Waals surface area contributed by atoms with E-state index in [1.54, 1.807) is 4.90 Å². The van der Waals surface area contributed by atoms with Crippen molar-refractivity contribution in [2.24, 2.45) is 0 Å². The van der Waals surface area contributed by atoms with Crippen LogP contribution in [0, 0.1) is 0 Å². The highest BCUT2D eigenvalue weighted by molar-refractivity contribution is 7.91. The van der Waals surface area contributed by atoms with Crippen LogP contribution in [0.5, 0.6) is 0 Å². The number of ether oxygens (including phenoxy) is 1. The van der Waals surface area contributed by atoms with Gasteiger partial charge in [0, 0.05) is 12.1 Å². The highest BCUT2D eigenvalue weighted by atomic mass is 32.2. The average Bonchev–Trinajstić information content (AvgIpc) is 3.06. The van der Waals surface area contributed by atoms with Gasteiger partial charge in [0.15, 0.2) is 16.4 Å². The maximum atomic E-state index is 12.9. The normalized spacial score (nSPS) is 21.6. The third kappa shape index (κ3) is 6.44. The third-order valence-corrected chi connectivity index (χ3v) is 7.57. The molecule has 2 fully saturated rings. The topological polar surface area (TPSA) is 80.8 Å². The molecule has 0 spiro atoms. The van der Waals surface area contributed by atoms with Crippen molar-refractivity contribution in [3.63, 3.8) is 0 Å². The SMILES string of the molecule is O=C(Cc1cccc(C(F)(F)F)c1)OCC(=O)N(C1CCCCC1)C1CCS(=O)(=O)C1. The van der Waals surface area contributed by atoms with E-state index in [9.17, 15) is 31.2 Å². The molecule has 1 heterocycles. The Bertz CT molecular complexity index is 910. The van der Waals surface area contributed by atoms with Crippen molar-refractivity contribution in [3.05, 3.63) is 35.4 Å².